The summed E-state index contributed by atoms with van der Waals surface area (Å²) in [5.74, 6) is 0. The quantitative estimate of drug-likeness (QED) is 0.724. The molecule has 1 rings (SSSR count). The molecule has 1 aromatic rings. The van der Waals surface area contributed by atoms with Gasteiger partial charge in [0.1, 0.15) is 5.60 Å². The van der Waals surface area contributed by atoms with E-state index in [-0.39, 0.29) is 6.09 Å². The average molecular weight is 310 g/mol. The Labute approximate surface area is 133 Å². The van der Waals surface area contributed by atoms with Crippen LogP contribution in [0.5, 0.6) is 0 Å². The molecule has 0 unspecified atom stereocenters. The van der Waals surface area contributed by atoms with Gasteiger partial charge in [-0.15, -0.1) is 0 Å². The lowest BCUT2D eigenvalue weighted by molar-refractivity contribution is 0.0527. The highest BCUT2D eigenvalue weighted by atomic mass is 16.6. The Morgan fingerprint density at radius 3 is 2.50 bits per heavy atom. The van der Waals surface area contributed by atoms with Gasteiger partial charge in [-0.25, -0.2) is 4.79 Å². The molecule has 0 aromatic carbocycles. The van der Waals surface area contributed by atoms with E-state index in [0.717, 1.165) is 38.2 Å². The number of nitrogens with zero attached hydrogens (tertiary/aromatic N) is 2. The van der Waals surface area contributed by atoms with Crippen LogP contribution in [0.25, 0.3) is 0 Å². The lowest BCUT2D eigenvalue weighted by Crippen LogP contribution is -2.34. The minimum Gasteiger partial charge on any atom is -0.444 e. The van der Waals surface area contributed by atoms with Gasteiger partial charge in [-0.2, -0.15) is 5.10 Å². The molecule has 0 saturated carbocycles. The van der Waals surface area contributed by atoms with Crippen molar-refractivity contribution in [3.8, 4) is 0 Å². The van der Waals surface area contributed by atoms with Crippen LogP contribution in [0.2, 0.25) is 0 Å². The van der Waals surface area contributed by atoms with Crippen molar-refractivity contribution in [1.82, 2.24) is 20.4 Å². The zero-order chi connectivity index (χ0) is 16.6. The average Bonchev–Trinajstić information content (AvgIpc) is 2.69. The van der Waals surface area contributed by atoms with Crippen LogP contribution in [0.4, 0.5) is 4.79 Å². The van der Waals surface area contributed by atoms with Crippen molar-refractivity contribution in [2.75, 3.05) is 19.6 Å². The molecule has 0 aliphatic carbocycles. The number of nitrogens with one attached hydrogen (secondary N) is 2. The maximum Gasteiger partial charge on any atom is 0.407 e. The third-order valence-electron chi connectivity index (χ3n) is 3.03. The number of rotatable bonds is 8. The number of aryl methyl sites for hydroxylation is 3. The van der Waals surface area contributed by atoms with Crippen molar-refractivity contribution in [1.29, 1.82) is 0 Å². The van der Waals surface area contributed by atoms with E-state index < -0.39 is 5.60 Å². The minimum atomic E-state index is -0.439. The fourth-order valence-electron chi connectivity index (χ4n) is 2.10. The summed E-state index contributed by atoms with van der Waals surface area (Å²) in [7, 11) is 0. The maximum absolute atomic E-state index is 11.4. The zero-order valence-electron chi connectivity index (χ0n) is 14.5. The van der Waals surface area contributed by atoms with Crippen LogP contribution in [-0.2, 0) is 11.3 Å². The second-order valence-corrected chi connectivity index (χ2v) is 6.54. The lowest BCUT2D eigenvalue weighted by Gasteiger charge is -2.19. The number of carbonyl (C=O) groups excluding carboxylic acids is 1. The van der Waals surface area contributed by atoms with Crippen LogP contribution in [0.1, 0.15) is 45.0 Å². The van der Waals surface area contributed by atoms with Gasteiger partial charge in [-0.05, 0) is 66.6 Å². The molecule has 126 valence electrons. The maximum atomic E-state index is 11.4. The summed E-state index contributed by atoms with van der Waals surface area (Å²) in [5, 5.41) is 10.6. The zero-order valence-corrected chi connectivity index (χ0v) is 14.5. The van der Waals surface area contributed by atoms with Crippen molar-refractivity contribution in [2.45, 2.75) is 59.6 Å². The summed E-state index contributed by atoms with van der Waals surface area (Å²) in [5.41, 5.74) is 1.84. The van der Waals surface area contributed by atoms with E-state index in [0.29, 0.717) is 6.54 Å². The number of alkyl carbamates (subject to hydrolysis) is 1. The van der Waals surface area contributed by atoms with E-state index in [1.807, 2.05) is 32.4 Å². The van der Waals surface area contributed by atoms with Crippen LogP contribution in [-0.4, -0.2) is 41.1 Å². The Bertz CT molecular complexity index is 463. The number of ether oxygens (including phenoxy) is 1. The molecule has 0 saturated heterocycles. The molecule has 6 nitrogen and oxygen atoms in total. The van der Waals surface area contributed by atoms with Crippen LogP contribution in [0.15, 0.2) is 6.07 Å². The summed E-state index contributed by atoms with van der Waals surface area (Å²) < 4.78 is 7.21. The van der Waals surface area contributed by atoms with E-state index in [9.17, 15) is 4.79 Å². The van der Waals surface area contributed by atoms with Gasteiger partial charge in [0.2, 0.25) is 0 Å². The standard InChI is InChI=1S/C16H30N4O2/c1-13-12-14(2)20(19-13)11-7-9-17-8-6-10-18-15(21)22-16(3,4)5/h12,17H,6-11H2,1-5H3,(H,18,21). The second kappa shape index (κ2) is 8.78. The first-order valence-electron chi connectivity index (χ1n) is 7.96. The van der Waals surface area contributed by atoms with Crippen molar-refractivity contribution in [2.24, 2.45) is 0 Å². The summed E-state index contributed by atoms with van der Waals surface area (Å²) in [6, 6.07) is 2.09. The molecule has 6 heteroatoms. The smallest absolute Gasteiger partial charge is 0.407 e. The highest BCUT2D eigenvalue weighted by Crippen LogP contribution is 2.06. The molecular formula is C16H30N4O2. The van der Waals surface area contributed by atoms with Crippen LogP contribution in [0.3, 0.4) is 0 Å². The minimum absolute atomic E-state index is 0.350. The molecule has 0 atom stereocenters. The fraction of sp³-hybridized carbons (Fsp3) is 0.750. The van der Waals surface area contributed by atoms with Gasteiger partial charge < -0.3 is 15.4 Å². The lowest BCUT2D eigenvalue weighted by atomic mass is 10.2. The largest absolute Gasteiger partial charge is 0.444 e. The molecule has 0 spiro atoms. The molecule has 2 N–H and O–H groups in total. The molecule has 0 bridgehead atoms. The van der Waals surface area contributed by atoms with Crippen LogP contribution in [0, 0.1) is 13.8 Å². The molecule has 1 aromatic heterocycles. The highest BCUT2D eigenvalue weighted by molar-refractivity contribution is 5.67. The second-order valence-electron chi connectivity index (χ2n) is 6.54. The van der Waals surface area contributed by atoms with E-state index >= 15 is 0 Å². The molecule has 0 aliphatic heterocycles. The Kier molecular flexibility index (Phi) is 7.38. The molecule has 0 aliphatic rings. The fourth-order valence-corrected chi connectivity index (χ4v) is 2.10. The van der Waals surface area contributed by atoms with Gasteiger partial charge in [-0.3, -0.25) is 4.68 Å². The predicted molar refractivity (Wildman–Crippen MR) is 88.0 cm³/mol. The number of aromatic nitrogens is 2. The Hall–Kier alpha value is -1.56. The Balaban J connectivity index is 1.98. The SMILES string of the molecule is Cc1cc(C)n(CCCNCCCNC(=O)OC(C)(C)C)n1. The van der Waals surface area contributed by atoms with Crippen molar-refractivity contribution in [3.05, 3.63) is 17.5 Å². The Morgan fingerprint density at radius 1 is 1.23 bits per heavy atom. The normalized spacial score (nSPS) is 11.5. The van der Waals surface area contributed by atoms with Crippen molar-refractivity contribution in [3.63, 3.8) is 0 Å². The third-order valence-corrected chi connectivity index (χ3v) is 3.03. The van der Waals surface area contributed by atoms with Gasteiger partial charge in [0.05, 0.1) is 5.69 Å². The molecule has 22 heavy (non-hydrogen) atoms. The van der Waals surface area contributed by atoms with Gasteiger partial charge in [0, 0.05) is 18.8 Å². The molecule has 0 fully saturated rings. The monoisotopic (exact) mass is 310 g/mol. The number of hydrogen-bond donors (Lipinski definition) is 2. The number of amides is 1. The topological polar surface area (TPSA) is 68.2 Å². The summed E-state index contributed by atoms with van der Waals surface area (Å²) in [6.07, 6.45) is 1.58. The molecule has 0 radical (unpaired) electrons. The van der Waals surface area contributed by atoms with Crippen LogP contribution >= 0.6 is 0 Å². The van der Waals surface area contributed by atoms with Gasteiger partial charge in [0.15, 0.2) is 0 Å². The van der Waals surface area contributed by atoms with Crippen molar-refractivity contribution >= 4 is 6.09 Å². The number of carbonyl (C=O) groups is 1. The van der Waals surface area contributed by atoms with E-state index in [4.69, 9.17) is 4.74 Å². The molecular weight excluding hydrogens is 280 g/mol. The highest BCUT2D eigenvalue weighted by Gasteiger charge is 2.15. The van der Waals surface area contributed by atoms with E-state index in [1.165, 1.54) is 5.69 Å². The third kappa shape index (κ3) is 8.02. The first kappa shape index (κ1) is 18.5. The first-order valence-corrected chi connectivity index (χ1v) is 7.96. The van der Waals surface area contributed by atoms with Gasteiger partial charge in [-0.1, -0.05) is 0 Å². The number of hydrogen-bond acceptors (Lipinski definition) is 4. The molecule has 1 heterocycles. The molecule has 1 amide bonds. The van der Waals surface area contributed by atoms with E-state index in [2.05, 4.69) is 28.7 Å². The van der Waals surface area contributed by atoms with E-state index in [1.54, 1.807) is 0 Å². The summed E-state index contributed by atoms with van der Waals surface area (Å²) in [6.45, 7) is 13.1. The van der Waals surface area contributed by atoms with Gasteiger partial charge in [0.25, 0.3) is 0 Å². The predicted octanol–water partition coefficient (Wildman–Crippen LogP) is 2.39. The van der Waals surface area contributed by atoms with Gasteiger partial charge >= 0.3 is 6.09 Å². The summed E-state index contributed by atoms with van der Waals surface area (Å²) >= 11 is 0. The first-order chi connectivity index (χ1) is 10.3. The van der Waals surface area contributed by atoms with Crippen LogP contribution < -0.4 is 10.6 Å². The Morgan fingerprint density at radius 2 is 1.91 bits per heavy atom. The van der Waals surface area contributed by atoms with Crippen molar-refractivity contribution < 1.29 is 9.53 Å². The summed E-state index contributed by atoms with van der Waals surface area (Å²) in [4.78, 5) is 11.4.